The molecule has 1 fully saturated rings. The van der Waals surface area contributed by atoms with E-state index in [9.17, 15) is 4.79 Å². The van der Waals surface area contributed by atoms with Crippen LogP contribution in [-0.2, 0) is 11.2 Å². The minimum Gasteiger partial charge on any atom is -0.304 e. The Hall–Kier alpha value is -1.29. The van der Waals surface area contributed by atoms with E-state index in [1.807, 2.05) is 45.9 Å². The zero-order valence-electron chi connectivity index (χ0n) is 11.9. The monoisotopic (exact) mass is 276 g/mol. The Kier molecular flexibility index (Phi) is 3.72. The summed E-state index contributed by atoms with van der Waals surface area (Å²) in [5.74, 6) is 0.0457. The van der Waals surface area contributed by atoms with Crippen LogP contribution in [0, 0.1) is 0 Å². The van der Waals surface area contributed by atoms with Crippen LogP contribution in [0.2, 0.25) is 0 Å². The molecule has 0 aromatic heterocycles. The van der Waals surface area contributed by atoms with Crippen LogP contribution >= 0.6 is 11.8 Å². The van der Waals surface area contributed by atoms with Crippen LogP contribution in [0.15, 0.2) is 35.3 Å². The summed E-state index contributed by atoms with van der Waals surface area (Å²) in [6.07, 6.45) is 0.716. The first kappa shape index (κ1) is 14.1. The fraction of sp³-hybridized carbons (Fsp3) is 0.467. The molecule has 1 heterocycles. The number of benzene rings is 1. The van der Waals surface area contributed by atoms with E-state index in [-0.39, 0.29) is 11.4 Å². The molecule has 3 nitrogen and oxygen atoms in total. The Balaban J connectivity index is 2.17. The molecular weight excluding hydrogens is 256 g/mol. The SMILES string of the molecule is CC(C)(C)N=C1NC(=O)[C@](C)(Cc2ccccc2)S1. The topological polar surface area (TPSA) is 41.5 Å². The van der Waals surface area contributed by atoms with Gasteiger partial charge in [0.2, 0.25) is 5.91 Å². The van der Waals surface area contributed by atoms with Crippen LogP contribution in [0.1, 0.15) is 33.3 Å². The molecule has 102 valence electrons. The summed E-state index contributed by atoms with van der Waals surface area (Å²) in [6, 6.07) is 10.1. The van der Waals surface area contributed by atoms with Gasteiger partial charge in [-0.2, -0.15) is 0 Å². The zero-order chi connectivity index (χ0) is 14.1. The fourth-order valence-corrected chi connectivity index (χ4v) is 3.24. The third-order valence-corrected chi connectivity index (χ3v) is 4.01. The first-order chi connectivity index (χ1) is 8.78. The van der Waals surface area contributed by atoms with Crippen LogP contribution in [0.3, 0.4) is 0 Å². The van der Waals surface area contributed by atoms with Crippen LogP contribution in [-0.4, -0.2) is 21.4 Å². The van der Waals surface area contributed by atoms with Gasteiger partial charge >= 0.3 is 0 Å². The Labute approximate surface area is 118 Å². The number of thioether (sulfide) groups is 1. The maximum Gasteiger partial charge on any atom is 0.242 e. The van der Waals surface area contributed by atoms with E-state index in [4.69, 9.17) is 0 Å². The van der Waals surface area contributed by atoms with Crippen molar-refractivity contribution in [2.75, 3.05) is 0 Å². The lowest BCUT2D eigenvalue weighted by Crippen LogP contribution is -2.35. The Morgan fingerprint density at radius 1 is 1.26 bits per heavy atom. The standard InChI is InChI=1S/C15H20N2OS/c1-14(2,3)17-13-16-12(18)15(4,19-13)10-11-8-6-5-7-9-11/h5-9H,10H2,1-4H3,(H,16,17,18)/t15-/m0/s1. The van der Waals surface area contributed by atoms with Crippen molar-refractivity contribution in [2.24, 2.45) is 4.99 Å². The average molecular weight is 276 g/mol. The summed E-state index contributed by atoms with van der Waals surface area (Å²) in [4.78, 5) is 16.7. The highest BCUT2D eigenvalue weighted by molar-refractivity contribution is 8.16. The number of rotatable bonds is 2. The molecule has 19 heavy (non-hydrogen) atoms. The smallest absolute Gasteiger partial charge is 0.242 e. The number of carbonyl (C=O) groups is 1. The number of hydrogen-bond donors (Lipinski definition) is 1. The molecule has 1 aromatic carbocycles. The number of hydrogen-bond acceptors (Lipinski definition) is 3. The fourth-order valence-electron chi connectivity index (χ4n) is 1.97. The minimum absolute atomic E-state index is 0.0457. The third kappa shape index (κ3) is 3.60. The van der Waals surface area contributed by atoms with E-state index in [1.54, 1.807) is 0 Å². The van der Waals surface area contributed by atoms with Crippen molar-refractivity contribution < 1.29 is 4.79 Å². The molecule has 1 atom stereocenters. The van der Waals surface area contributed by atoms with Gasteiger partial charge in [-0.05, 0) is 39.7 Å². The lowest BCUT2D eigenvalue weighted by Gasteiger charge is -2.18. The molecule has 0 spiro atoms. The second-order valence-electron chi connectivity index (χ2n) is 6.04. The molecule has 0 radical (unpaired) electrons. The molecule has 4 heteroatoms. The summed E-state index contributed by atoms with van der Waals surface area (Å²) in [5.41, 5.74) is 0.998. The maximum atomic E-state index is 12.2. The van der Waals surface area contributed by atoms with Crippen molar-refractivity contribution in [1.82, 2.24) is 5.32 Å². The molecule has 0 unspecified atom stereocenters. The van der Waals surface area contributed by atoms with E-state index in [2.05, 4.69) is 22.4 Å². The number of amides is 1. The van der Waals surface area contributed by atoms with Crippen LogP contribution in [0.5, 0.6) is 0 Å². The largest absolute Gasteiger partial charge is 0.304 e. The maximum absolute atomic E-state index is 12.2. The molecule has 1 aliphatic rings. The molecule has 1 amide bonds. The summed E-state index contributed by atoms with van der Waals surface area (Å²) in [5, 5.41) is 3.63. The van der Waals surface area contributed by atoms with Crippen LogP contribution in [0.4, 0.5) is 0 Å². The zero-order valence-corrected chi connectivity index (χ0v) is 12.7. The predicted octanol–water partition coefficient (Wildman–Crippen LogP) is 3.01. The van der Waals surface area contributed by atoms with Crippen molar-refractivity contribution in [2.45, 2.75) is 44.4 Å². The summed E-state index contributed by atoms with van der Waals surface area (Å²) in [6.45, 7) is 8.06. The normalized spacial score (nSPS) is 25.7. The van der Waals surface area contributed by atoms with E-state index in [0.29, 0.717) is 6.42 Å². The second-order valence-corrected chi connectivity index (χ2v) is 7.53. The van der Waals surface area contributed by atoms with Crippen molar-refractivity contribution >= 4 is 22.8 Å². The second kappa shape index (κ2) is 5.00. The highest BCUT2D eigenvalue weighted by Gasteiger charge is 2.42. The Morgan fingerprint density at radius 2 is 1.89 bits per heavy atom. The molecule has 0 bridgehead atoms. The van der Waals surface area contributed by atoms with Gasteiger partial charge in [0.15, 0.2) is 5.17 Å². The molecule has 1 N–H and O–H groups in total. The van der Waals surface area contributed by atoms with E-state index >= 15 is 0 Å². The number of carbonyl (C=O) groups excluding carboxylic acids is 1. The lowest BCUT2D eigenvalue weighted by molar-refractivity contribution is -0.121. The van der Waals surface area contributed by atoms with Crippen molar-refractivity contribution in [3.05, 3.63) is 35.9 Å². The predicted molar refractivity (Wildman–Crippen MR) is 81.5 cm³/mol. The van der Waals surface area contributed by atoms with Crippen LogP contribution in [0.25, 0.3) is 0 Å². The van der Waals surface area contributed by atoms with Gasteiger partial charge in [-0.3, -0.25) is 9.79 Å². The quantitative estimate of drug-likeness (QED) is 0.902. The van der Waals surface area contributed by atoms with Crippen molar-refractivity contribution in [3.63, 3.8) is 0 Å². The van der Waals surface area contributed by atoms with Gasteiger partial charge in [-0.25, -0.2) is 0 Å². The van der Waals surface area contributed by atoms with Gasteiger partial charge in [0, 0.05) is 0 Å². The number of nitrogens with zero attached hydrogens (tertiary/aromatic N) is 1. The van der Waals surface area contributed by atoms with Gasteiger partial charge in [-0.15, -0.1) is 0 Å². The van der Waals surface area contributed by atoms with Gasteiger partial charge in [0.25, 0.3) is 0 Å². The molecular formula is C15H20N2OS. The Bertz CT molecular complexity index is 505. The highest BCUT2D eigenvalue weighted by atomic mass is 32.2. The third-order valence-electron chi connectivity index (χ3n) is 2.84. The molecule has 2 rings (SSSR count). The highest BCUT2D eigenvalue weighted by Crippen LogP contribution is 2.35. The van der Waals surface area contributed by atoms with Gasteiger partial charge < -0.3 is 5.32 Å². The molecule has 1 aliphatic heterocycles. The summed E-state index contributed by atoms with van der Waals surface area (Å²) >= 11 is 1.53. The first-order valence-electron chi connectivity index (χ1n) is 6.43. The summed E-state index contributed by atoms with van der Waals surface area (Å²) < 4.78 is -0.467. The van der Waals surface area contributed by atoms with Gasteiger partial charge in [-0.1, -0.05) is 42.1 Å². The van der Waals surface area contributed by atoms with E-state index < -0.39 is 4.75 Å². The molecule has 0 aliphatic carbocycles. The molecule has 0 saturated carbocycles. The minimum atomic E-state index is -0.467. The first-order valence-corrected chi connectivity index (χ1v) is 7.24. The summed E-state index contributed by atoms with van der Waals surface area (Å²) in [7, 11) is 0. The van der Waals surface area contributed by atoms with Crippen molar-refractivity contribution in [1.29, 1.82) is 0 Å². The van der Waals surface area contributed by atoms with Crippen LogP contribution < -0.4 is 5.32 Å². The average Bonchev–Trinajstić information content (AvgIpc) is 2.52. The number of amidine groups is 1. The molecule has 1 saturated heterocycles. The van der Waals surface area contributed by atoms with Gasteiger partial charge in [0.05, 0.1) is 5.54 Å². The lowest BCUT2D eigenvalue weighted by atomic mass is 10.00. The molecule has 1 aromatic rings. The Morgan fingerprint density at radius 3 is 2.47 bits per heavy atom. The van der Waals surface area contributed by atoms with E-state index in [0.717, 1.165) is 5.17 Å². The van der Waals surface area contributed by atoms with Gasteiger partial charge in [0.1, 0.15) is 4.75 Å². The number of nitrogens with one attached hydrogen (secondary N) is 1. The number of aliphatic imine (C=N–C) groups is 1. The van der Waals surface area contributed by atoms with Crippen molar-refractivity contribution in [3.8, 4) is 0 Å². The van der Waals surface area contributed by atoms with E-state index in [1.165, 1.54) is 17.3 Å².